The Morgan fingerprint density at radius 3 is 2.46 bits per heavy atom. The van der Waals surface area contributed by atoms with Crippen LogP contribution in [0.2, 0.25) is 0 Å². The van der Waals surface area contributed by atoms with E-state index in [2.05, 4.69) is 0 Å². The monoisotopic (exact) mass is 362 g/mol. The van der Waals surface area contributed by atoms with Crippen molar-refractivity contribution in [2.75, 3.05) is 20.2 Å². The van der Waals surface area contributed by atoms with Crippen molar-refractivity contribution in [1.82, 2.24) is 9.80 Å². The van der Waals surface area contributed by atoms with E-state index in [1.165, 1.54) is 0 Å². The van der Waals surface area contributed by atoms with Gasteiger partial charge in [0.25, 0.3) is 0 Å². The summed E-state index contributed by atoms with van der Waals surface area (Å²) in [5.41, 5.74) is -0.637. The second-order valence-corrected chi connectivity index (χ2v) is 8.03. The molecule has 0 saturated carbocycles. The molecule has 26 heavy (non-hydrogen) atoms. The third-order valence-electron chi connectivity index (χ3n) is 5.04. The molecule has 2 saturated heterocycles. The van der Waals surface area contributed by atoms with Gasteiger partial charge in [0.15, 0.2) is 0 Å². The number of benzene rings is 1. The highest BCUT2D eigenvalue weighted by atomic mass is 16.6. The average Bonchev–Trinajstić information content (AvgIpc) is 3.11. The first-order valence-electron chi connectivity index (χ1n) is 8.76. The van der Waals surface area contributed by atoms with Crippen LogP contribution in [0.15, 0.2) is 24.3 Å². The molecule has 0 aliphatic carbocycles. The molecule has 7 nitrogen and oxygen atoms in total. The first-order chi connectivity index (χ1) is 12.1. The molecule has 1 aromatic rings. The zero-order valence-corrected chi connectivity index (χ0v) is 15.7. The van der Waals surface area contributed by atoms with Crippen LogP contribution in [0.25, 0.3) is 0 Å². The molecule has 2 fully saturated rings. The molecule has 2 bridgehead atoms. The Kier molecular flexibility index (Phi) is 4.60. The van der Waals surface area contributed by atoms with E-state index in [1.807, 2.05) is 49.9 Å². The Hall–Kier alpha value is -2.28. The highest BCUT2D eigenvalue weighted by Crippen LogP contribution is 2.41. The van der Waals surface area contributed by atoms with Crippen LogP contribution in [-0.2, 0) is 16.1 Å². The molecule has 0 spiro atoms. The number of amides is 1. The SMILES string of the molecule is COc1ccc(CN2C[C@@H]3CC2(C(=O)O)CN3C(=O)OC(C)(C)C)cc1. The first-order valence-corrected chi connectivity index (χ1v) is 8.76. The number of piperazine rings is 1. The van der Waals surface area contributed by atoms with Crippen LogP contribution >= 0.6 is 0 Å². The van der Waals surface area contributed by atoms with Crippen LogP contribution in [0, 0.1) is 0 Å². The third kappa shape index (κ3) is 3.35. The van der Waals surface area contributed by atoms with E-state index >= 15 is 0 Å². The Balaban J connectivity index is 1.75. The highest BCUT2D eigenvalue weighted by molar-refractivity contribution is 5.83. The number of hydrogen-bond donors (Lipinski definition) is 1. The fraction of sp³-hybridized carbons (Fsp3) is 0.579. The van der Waals surface area contributed by atoms with E-state index in [1.54, 1.807) is 12.0 Å². The number of fused-ring (bicyclic) bond motifs is 2. The van der Waals surface area contributed by atoms with Gasteiger partial charge in [0.1, 0.15) is 16.9 Å². The molecule has 2 aliphatic heterocycles. The Labute approximate surface area is 153 Å². The number of nitrogens with zero attached hydrogens (tertiary/aromatic N) is 2. The van der Waals surface area contributed by atoms with Gasteiger partial charge in [0, 0.05) is 19.5 Å². The molecular formula is C19H26N2O5. The lowest BCUT2D eigenvalue weighted by atomic mass is 9.98. The van der Waals surface area contributed by atoms with Gasteiger partial charge in [-0.3, -0.25) is 9.69 Å². The van der Waals surface area contributed by atoms with Gasteiger partial charge >= 0.3 is 12.1 Å². The van der Waals surface area contributed by atoms with Crippen LogP contribution in [0.1, 0.15) is 32.8 Å². The van der Waals surface area contributed by atoms with Crippen molar-refractivity contribution < 1.29 is 24.2 Å². The zero-order valence-electron chi connectivity index (χ0n) is 15.7. The number of rotatable bonds is 4. The predicted molar refractivity (Wildman–Crippen MR) is 95.1 cm³/mol. The zero-order chi connectivity index (χ0) is 19.1. The van der Waals surface area contributed by atoms with Gasteiger partial charge in [-0.05, 0) is 38.5 Å². The number of aliphatic carboxylic acids is 1. The molecule has 142 valence electrons. The lowest BCUT2D eigenvalue weighted by molar-refractivity contribution is -0.150. The van der Waals surface area contributed by atoms with Gasteiger partial charge in [-0.1, -0.05) is 12.1 Å². The molecule has 1 N–H and O–H groups in total. The fourth-order valence-corrected chi connectivity index (χ4v) is 3.79. The number of ether oxygens (including phenoxy) is 2. The van der Waals surface area contributed by atoms with E-state index in [0.717, 1.165) is 11.3 Å². The molecule has 2 heterocycles. The van der Waals surface area contributed by atoms with E-state index in [9.17, 15) is 14.7 Å². The van der Waals surface area contributed by atoms with Crippen LogP contribution in [0.5, 0.6) is 5.75 Å². The van der Waals surface area contributed by atoms with Crippen LogP contribution < -0.4 is 4.74 Å². The molecule has 7 heteroatoms. The van der Waals surface area contributed by atoms with E-state index in [-0.39, 0.29) is 12.6 Å². The first kappa shape index (κ1) is 18.5. The topological polar surface area (TPSA) is 79.3 Å². The van der Waals surface area contributed by atoms with Crippen LogP contribution in [0.3, 0.4) is 0 Å². The average molecular weight is 362 g/mol. The Bertz CT molecular complexity index is 697. The number of carbonyl (C=O) groups excluding carboxylic acids is 1. The second-order valence-electron chi connectivity index (χ2n) is 8.03. The summed E-state index contributed by atoms with van der Waals surface area (Å²) in [5.74, 6) is -0.125. The quantitative estimate of drug-likeness (QED) is 0.886. The summed E-state index contributed by atoms with van der Waals surface area (Å²) in [6, 6.07) is 7.46. The van der Waals surface area contributed by atoms with Crippen molar-refractivity contribution in [3.63, 3.8) is 0 Å². The van der Waals surface area contributed by atoms with Crippen molar-refractivity contribution >= 4 is 12.1 Å². The molecule has 1 aromatic carbocycles. The number of likely N-dealkylation sites (tertiary alicyclic amines) is 2. The summed E-state index contributed by atoms with van der Waals surface area (Å²) in [5, 5.41) is 9.91. The van der Waals surface area contributed by atoms with Crippen molar-refractivity contribution in [3.8, 4) is 5.75 Å². The number of carboxylic acid groups (broad SMARTS) is 1. The largest absolute Gasteiger partial charge is 0.497 e. The van der Waals surface area contributed by atoms with Gasteiger partial charge in [-0.15, -0.1) is 0 Å². The standard InChI is InChI=1S/C19H26N2O5/c1-18(2,3)26-17(24)21-12-19(16(22)23)9-14(21)11-20(19)10-13-5-7-15(25-4)8-6-13/h5-8,14H,9-12H2,1-4H3,(H,22,23)/t14-,19?/m0/s1. The summed E-state index contributed by atoms with van der Waals surface area (Å²) in [4.78, 5) is 28.1. The maximum atomic E-state index is 12.4. The van der Waals surface area contributed by atoms with E-state index < -0.39 is 23.2 Å². The van der Waals surface area contributed by atoms with Gasteiger partial charge < -0.3 is 19.5 Å². The highest BCUT2D eigenvalue weighted by Gasteiger charge is 2.61. The third-order valence-corrected chi connectivity index (χ3v) is 5.04. The van der Waals surface area contributed by atoms with Gasteiger partial charge in [0.2, 0.25) is 0 Å². The molecular weight excluding hydrogens is 336 g/mol. The summed E-state index contributed by atoms with van der Waals surface area (Å²) >= 11 is 0. The fourth-order valence-electron chi connectivity index (χ4n) is 3.79. The smallest absolute Gasteiger partial charge is 0.410 e. The molecule has 3 rings (SSSR count). The van der Waals surface area contributed by atoms with E-state index in [4.69, 9.17) is 9.47 Å². The number of methoxy groups -OCH3 is 1. The van der Waals surface area contributed by atoms with Crippen molar-refractivity contribution in [2.45, 2.75) is 50.9 Å². The molecule has 2 atom stereocenters. The predicted octanol–water partition coefficient (Wildman–Crippen LogP) is 2.34. The Morgan fingerprint density at radius 1 is 1.27 bits per heavy atom. The summed E-state index contributed by atoms with van der Waals surface area (Å²) < 4.78 is 10.6. The van der Waals surface area contributed by atoms with Crippen molar-refractivity contribution in [3.05, 3.63) is 29.8 Å². The second kappa shape index (κ2) is 6.46. The minimum Gasteiger partial charge on any atom is -0.497 e. The lowest BCUT2D eigenvalue weighted by Crippen LogP contribution is -2.59. The summed E-state index contributed by atoms with van der Waals surface area (Å²) in [6.45, 7) is 6.62. The van der Waals surface area contributed by atoms with Gasteiger partial charge in [-0.2, -0.15) is 0 Å². The summed E-state index contributed by atoms with van der Waals surface area (Å²) in [6.07, 6.45) is -0.00714. The maximum absolute atomic E-state index is 12.4. The molecule has 2 aliphatic rings. The molecule has 0 radical (unpaired) electrons. The summed E-state index contributed by atoms with van der Waals surface area (Å²) in [7, 11) is 1.61. The van der Waals surface area contributed by atoms with E-state index in [0.29, 0.717) is 19.5 Å². The normalized spacial score (nSPS) is 25.4. The molecule has 0 aromatic heterocycles. The van der Waals surface area contributed by atoms with Crippen molar-refractivity contribution in [1.29, 1.82) is 0 Å². The Morgan fingerprint density at radius 2 is 1.92 bits per heavy atom. The van der Waals surface area contributed by atoms with Gasteiger partial charge in [-0.25, -0.2) is 4.79 Å². The lowest BCUT2D eigenvalue weighted by Gasteiger charge is -2.39. The van der Waals surface area contributed by atoms with Gasteiger partial charge in [0.05, 0.1) is 19.7 Å². The van der Waals surface area contributed by atoms with Crippen LogP contribution in [-0.4, -0.2) is 64.4 Å². The molecule has 1 unspecified atom stereocenters. The number of carbonyl (C=O) groups is 2. The van der Waals surface area contributed by atoms with Crippen molar-refractivity contribution in [2.24, 2.45) is 0 Å². The maximum Gasteiger partial charge on any atom is 0.410 e. The number of carboxylic acids is 1. The molecule has 1 amide bonds. The minimum atomic E-state index is -1.05. The minimum absolute atomic E-state index is 0.140. The van der Waals surface area contributed by atoms with Crippen LogP contribution in [0.4, 0.5) is 4.79 Å². The number of hydrogen-bond acceptors (Lipinski definition) is 5.